The third-order valence-electron chi connectivity index (χ3n) is 2.10. The van der Waals surface area contributed by atoms with Crippen LogP contribution in [0.5, 0.6) is 0 Å². The van der Waals surface area contributed by atoms with Crippen LogP contribution in [0, 0.1) is 5.41 Å². The van der Waals surface area contributed by atoms with E-state index in [0.29, 0.717) is 19.4 Å². The summed E-state index contributed by atoms with van der Waals surface area (Å²) in [5.41, 5.74) is 10.2. The van der Waals surface area contributed by atoms with Gasteiger partial charge in [0.25, 0.3) is 0 Å². The minimum atomic E-state index is -1.00. The number of rotatable bonds is 7. The number of quaternary nitrogens is 1. The van der Waals surface area contributed by atoms with Crippen LogP contribution in [0.25, 0.3) is 0 Å². The number of aliphatic carboxylic acids is 1. The molecular weight excluding hydrogens is 306 g/mol. The van der Waals surface area contributed by atoms with Crippen molar-refractivity contribution in [3.05, 3.63) is 0 Å². The van der Waals surface area contributed by atoms with E-state index in [9.17, 15) is 4.79 Å². The topological polar surface area (TPSA) is 186 Å². The summed E-state index contributed by atoms with van der Waals surface area (Å²) in [6, 6.07) is -0.821. The number of likely N-dealkylation sites (N-methyl/N-ethyl adjacent to an activating group) is 1. The Bertz CT molecular complexity index is 272. The molecule has 0 aromatic heterocycles. The molecule has 1 unspecified atom stereocenters. The molecule has 23 heavy (non-hydrogen) atoms. The van der Waals surface area contributed by atoms with Crippen molar-refractivity contribution in [1.29, 1.82) is 5.41 Å². The molecule has 0 aromatic carbocycles. The van der Waals surface area contributed by atoms with E-state index in [4.69, 9.17) is 37.3 Å². The molecule has 0 saturated carbocycles. The Balaban J connectivity index is -0.000000140. The summed E-state index contributed by atoms with van der Waals surface area (Å²) in [7, 11) is 8.16. The normalized spacial score (nSPS) is 10.5. The summed E-state index contributed by atoms with van der Waals surface area (Å²) in [4.78, 5) is 10.2. The maximum Gasteiger partial charge on any atom is 0.320 e. The van der Waals surface area contributed by atoms with E-state index in [0.717, 1.165) is 25.2 Å². The van der Waals surface area contributed by atoms with E-state index in [1.165, 1.54) is 0 Å². The van der Waals surface area contributed by atoms with Crippen molar-refractivity contribution in [2.75, 3.05) is 55.1 Å². The Morgan fingerprint density at radius 1 is 1.22 bits per heavy atom. The first kappa shape index (κ1) is 29.5. The highest BCUT2D eigenvalue weighted by atomic mass is 16.4. The molecule has 0 aliphatic rings. The third kappa shape index (κ3) is 38.5. The fourth-order valence-corrected chi connectivity index (χ4v) is 0.969. The lowest BCUT2D eigenvalue weighted by atomic mass is 10.2. The van der Waals surface area contributed by atoms with Gasteiger partial charge in [-0.25, -0.2) is 0 Å². The van der Waals surface area contributed by atoms with E-state index in [2.05, 4.69) is 26.5 Å². The fourth-order valence-electron chi connectivity index (χ4n) is 0.969. The number of aliphatic hydroxyl groups is 3. The van der Waals surface area contributed by atoms with Crippen LogP contribution in [0.3, 0.4) is 0 Å². The molecule has 0 heterocycles. The Morgan fingerprint density at radius 2 is 1.65 bits per heavy atom. The molecule has 0 radical (unpaired) electrons. The minimum Gasteiger partial charge on any atom is -0.480 e. The first-order valence-corrected chi connectivity index (χ1v) is 6.97. The van der Waals surface area contributed by atoms with E-state index in [1.54, 1.807) is 0 Å². The summed E-state index contributed by atoms with van der Waals surface area (Å²) in [6.45, 7) is 1.60. The van der Waals surface area contributed by atoms with Crippen LogP contribution in [-0.2, 0) is 4.79 Å². The zero-order valence-electron chi connectivity index (χ0n) is 14.9. The molecule has 0 amide bonds. The molecule has 0 aromatic rings. The number of nitrogens with one attached hydrogen (secondary N) is 2. The molecule has 0 bridgehead atoms. The molecule has 0 spiro atoms. The Labute approximate surface area is 138 Å². The molecule has 0 fully saturated rings. The predicted molar refractivity (Wildman–Crippen MR) is 91.0 cm³/mol. The van der Waals surface area contributed by atoms with Crippen molar-refractivity contribution in [2.24, 2.45) is 11.5 Å². The largest absolute Gasteiger partial charge is 0.480 e. The molecule has 142 valence electrons. The van der Waals surface area contributed by atoms with Crippen molar-refractivity contribution >= 4 is 11.9 Å². The van der Waals surface area contributed by atoms with Gasteiger partial charge in [0.2, 0.25) is 0 Å². The van der Waals surface area contributed by atoms with Crippen molar-refractivity contribution in [3.8, 4) is 0 Å². The summed E-state index contributed by atoms with van der Waals surface area (Å²) >= 11 is 0. The maximum atomic E-state index is 10.2. The second-order valence-electron chi connectivity index (χ2n) is 5.16. The highest BCUT2D eigenvalue weighted by Crippen LogP contribution is 1.92. The zero-order valence-corrected chi connectivity index (χ0v) is 14.9. The van der Waals surface area contributed by atoms with E-state index in [1.807, 2.05) is 0 Å². The first-order chi connectivity index (χ1) is 10.6. The fraction of sp³-hybridized carbons (Fsp3) is 0.846. The SMILES string of the molecule is CO.CO.C[N+](C)(C)CCO.N=C(N)NCCCC(N)C(=O)O. The van der Waals surface area contributed by atoms with Gasteiger partial charge in [0.1, 0.15) is 12.6 Å². The van der Waals surface area contributed by atoms with Gasteiger partial charge >= 0.3 is 5.97 Å². The number of carboxylic acid groups (broad SMARTS) is 1. The number of carboxylic acids is 1. The molecular formula is C13H36N5O5+. The van der Waals surface area contributed by atoms with Crippen LogP contribution in [0.4, 0.5) is 0 Å². The van der Waals surface area contributed by atoms with Crippen molar-refractivity contribution in [3.63, 3.8) is 0 Å². The molecule has 0 aliphatic carbocycles. The first-order valence-electron chi connectivity index (χ1n) is 6.97. The molecule has 10 N–H and O–H groups in total. The lowest BCUT2D eigenvalue weighted by Gasteiger charge is -2.21. The van der Waals surface area contributed by atoms with Gasteiger partial charge in [-0.3, -0.25) is 10.2 Å². The van der Waals surface area contributed by atoms with Crippen LogP contribution >= 0.6 is 0 Å². The predicted octanol–water partition coefficient (Wildman–Crippen LogP) is -2.44. The van der Waals surface area contributed by atoms with Crippen molar-refractivity contribution < 1.29 is 29.7 Å². The number of nitrogens with two attached hydrogens (primary N) is 2. The summed E-state index contributed by atoms with van der Waals surface area (Å²) < 4.78 is 0.844. The van der Waals surface area contributed by atoms with Gasteiger partial charge in [0.15, 0.2) is 5.96 Å². The van der Waals surface area contributed by atoms with Gasteiger partial charge < -0.3 is 41.7 Å². The molecule has 0 saturated heterocycles. The zero-order chi connectivity index (χ0) is 19.5. The summed E-state index contributed by atoms with van der Waals surface area (Å²) in [6.07, 6.45) is 0.975. The average molecular weight is 342 g/mol. The van der Waals surface area contributed by atoms with E-state index >= 15 is 0 Å². The minimum absolute atomic E-state index is 0.112. The lowest BCUT2D eigenvalue weighted by Crippen LogP contribution is -2.36. The standard InChI is InChI=1S/C6H14N4O2.C5H14NO.2CH4O/c7-4(5(11)12)2-1-3-10-6(8)9;1-6(2,3)4-5-7;2*1-2/h4H,1-3,7H2,(H,11,12)(H4,8,9,10);7H,4-5H2,1-3H3;2*2H,1H3/q;+1;;. The quantitative estimate of drug-likeness (QED) is 0.108. The Hall–Kier alpha value is -1.46. The number of aliphatic hydroxyl groups excluding tert-OH is 3. The van der Waals surface area contributed by atoms with E-state index in [-0.39, 0.29) is 12.6 Å². The van der Waals surface area contributed by atoms with Crippen LogP contribution in [0.2, 0.25) is 0 Å². The van der Waals surface area contributed by atoms with Gasteiger partial charge in [0, 0.05) is 20.8 Å². The number of guanidine groups is 1. The monoisotopic (exact) mass is 342 g/mol. The van der Waals surface area contributed by atoms with Crippen molar-refractivity contribution in [2.45, 2.75) is 18.9 Å². The Morgan fingerprint density at radius 3 is 1.87 bits per heavy atom. The molecule has 10 heteroatoms. The van der Waals surface area contributed by atoms with Gasteiger partial charge in [0.05, 0.1) is 27.7 Å². The highest BCUT2D eigenvalue weighted by molar-refractivity contribution is 5.74. The molecule has 0 aliphatic heterocycles. The second-order valence-corrected chi connectivity index (χ2v) is 5.16. The van der Waals surface area contributed by atoms with Crippen LogP contribution < -0.4 is 16.8 Å². The smallest absolute Gasteiger partial charge is 0.320 e. The number of hydrogen-bond donors (Lipinski definition) is 8. The summed E-state index contributed by atoms with van der Waals surface area (Å²) in [5, 5.41) is 40.1. The van der Waals surface area contributed by atoms with Crippen molar-refractivity contribution in [1.82, 2.24) is 5.32 Å². The van der Waals surface area contributed by atoms with Gasteiger partial charge in [-0.05, 0) is 12.8 Å². The van der Waals surface area contributed by atoms with Crippen LogP contribution in [0.1, 0.15) is 12.8 Å². The lowest BCUT2D eigenvalue weighted by molar-refractivity contribution is -0.870. The average Bonchev–Trinajstić information content (AvgIpc) is 2.46. The summed E-state index contributed by atoms with van der Waals surface area (Å²) in [5.74, 6) is -1.11. The Kier molecular flexibility index (Phi) is 26.4. The van der Waals surface area contributed by atoms with Gasteiger partial charge in [-0.2, -0.15) is 0 Å². The molecule has 0 rings (SSSR count). The van der Waals surface area contributed by atoms with Gasteiger partial charge in [-0.1, -0.05) is 0 Å². The molecule has 1 atom stereocenters. The number of hydrogen-bond acceptors (Lipinski definition) is 6. The second kappa shape index (κ2) is 20.5. The number of carbonyl (C=O) groups is 1. The van der Waals surface area contributed by atoms with Crippen LogP contribution in [0.15, 0.2) is 0 Å². The maximum absolute atomic E-state index is 10.2. The molecule has 10 nitrogen and oxygen atoms in total. The van der Waals surface area contributed by atoms with Gasteiger partial charge in [-0.15, -0.1) is 0 Å². The van der Waals surface area contributed by atoms with E-state index < -0.39 is 12.0 Å². The third-order valence-corrected chi connectivity index (χ3v) is 2.10. The van der Waals surface area contributed by atoms with Crippen LogP contribution in [-0.4, -0.2) is 97.9 Å². The number of nitrogens with zero attached hydrogens (tertiary/aromatic N) is 1. The highest BCUT2D eigenvalue weighted by Gasteiger charge is 2.09.